The summed E-state index contributed by atoms with van der Waals surface area (Å²) in [6.07, 6.45) is 0. The van der Waals surface area contributed by atoms with Crippen molar-refractivity contribution in [3.63, 3.8) is 0 Å². The number of anilines is 2. The van der Waals surface area contributed by atoms with Gasteiger partial charge in [0.05, 0.1) is 27.2 Å². The van der Waals surface area contributed by atoms with Gasteiger partial charge in [-0.3, -0.25) is 4.31 Å². The molecule has 0 aliphatic heterocycles. The lowest BCUT2D eigenvalue weighted by atomic mass is 9.96. The summed E-state index contributed by atoms with van der Waals surface area (Å²) < 4.78 is 21.7. The summed E-state index contributed by atoms with van der Waals surface area (Å²) in [6.45, 7) is 0. The van der Waals surface area contributed by atoms with Gasteiger partial charge in [-0.1, -0.05) is 18.2 Å². The van der Waals surface area contributed by atoms with Crippen molar-refractivity contribution in [3.8, 4) is 11.1 Å². The molecule has 0 saturated carbocycles. The third-order valence-electron chi connectivity index (χ3n) is 4.26. The van der Waals surface area contributed by atoms with E-state index in [0.717, 1.165) is 23.3 Å². The number of benzene rings is 2. The number of nitrogens with zero attached hydrogens (tertiary/aromatic N) is 3. The highest BCUT2D eigenvalue weighted by Crippen LogP contribution is 2.39. The fraction of sp³-hybridized carbons (Fsp3) is 0.125. The molecule has 0 radical (unpaired) electrons. The van der Waals surface area contributed by atoms with Crippen LogP contribution >= 0.6 is 12.2 Å². The van der Waals surface area contributed by atoms with Gasteiger partial charge in [-0.2, -0.15) is 0 Å². The Morgan fingerprint density at radius 3 is 2.77 bits per heavy atom. The normalized spacial score (nSPS) is 12.9. The molecule has 14 heteroatoms. The molecule has 0 bridgehead atoms. The van der Waals surface area contributed by atoms with Gasteiger partial charge < -0.3 is 16.5 Å². The number of imidazole rings is 1. The van der Waals surface area contributed by atoms with E-state index in [9.17, 15) is 4.21 Å². The van der Waals surface area contributed by atoms with E-state index in [-0.39, 0.29) is 11.8 Å². The van der Waals surface area contributed by atoms with Crippen molar-refractivity contribution >= 4 is 51.7 Å². The molecule has 11 N–H and O–H groups in total. The summed E-state index contributed by atoms with van der Waals surface area (Å²) in [6, 6.07) is 9.08. The molecule has 0 spiro atoms. The summed E-state index contributed by atoms with van der Waals surface area (Å²) in [4.78, 5) is 7.83. The van der Waals surface area contributed by atoms with Gasteiger partial charge in [-0.05, 0) is 24.7 Å². The van der Waals surface area contributed by atoms with Crippen LogP contribution in [0.4, 0.5) is 11.6 Å². The Kier molecular flexibility index (Phi) is 6.76. The first kappa shape index (κ1) is 21.8. The monoisotopic (exact) mass is 450 g/mol. The average molecular weight is 451 g/mol. The van der Waals surface area contributed by atoms with E-state index in [1.54, 1.807) is 30.5 Å². The second-order valence-corrected chi connectivity index (χ2v) is 8.20. The molecule has 160 valence electrons. The number of fused-ring (bicyclic) bond motifs is 1. The highest BCUT2D eigenvalue weighted by atomic mass is 32.2. The van der Waals surface area contributed by atoms with Crippen molar-refractivity contribution in [2.24, 2.45) is 22.6 Å². The van der Waals surface area contributed by atoms with E-state index < -0.39 is 11.0 Å². The van der Waals surface area contributed by atoms with Crippen LogP contribution in [-0.2, 0) is 15.3 Å². The molecule has 3 rings (SSSR count). The molecule has 1 heterocycles. The highest BCUT2D eigenvalue weighted by molar-refractivity contribution is 7.96. The second-order valence-electron chi connectivity index (χ2n) is 5.93. The van der Waals surface area contributed by atoms with Crippen LogP contribution in [0.25, 0.3) is 22.2 Å². The van der Waals surface area contributed by atoms with Crippen molar-refractivity contribution in [2.45, 2.75) is 4.90 Å². The minimum absolute atomic E-state index is 0.0578. The van der Waals surface area contributed by atoms with E-state index >= 15 is 0 Å². The predicted octanol–water partition coefficient (Wildman–Crippen LogP) is 0.0274. The maximum atomic E-state index is 12.7. The molecule has 1 atom stereocenters. The van der Waals surface area contributed by atoms with Crippen LogP contribution in [0.5, 0.6) is 0 Å². The van der Waals surface area contributed by atoms with Gasteiger partial charge in [0.1, 0.15) is 23.2 Å². The number of rotatable bonds is 8. The Bertz CT molecular complexity index is 1120. The number of hydrazone groups is 1. The van der Waals surface area contributed by atoms with Crippen LogP contribution in [0.2, 0.25) is 0 Å². The number of nitrogen functional groups attached to an aromatic ring is 1. The molecule has 2 aromatic carbocycles. The summed E-state index contributed by atoms with van der Waals surface area (Å²) in [5.41, 5.74) is 18.0. The number of hydrazine groups is 1. The van der Waals surface area contributed by atoms with Gasteiger partial charge >= 0.3 is 0 Å². The van der Waals surface area contributed by atoms with Crippen LogP contribution in [0.1, 0.15) is 5.56 Å². The van der Waals surface area contributed by atoms with E-state index in [4.69, 9.17) is 27.5 Å². The van der Waals surface area contributed by atoms with E-state index in [1.165, 1.54) is 0 Å². The van der Waals surface area contributed by atoms with Crippen molar-refractivity contribution in [1.82, 2.24) is 20.2 Å². The molecule has 0 saturated heterocycles. The molecule has 30 heavy (non-hydrogen) atoms. The number of amidine groups is 1. The standard InChI is InChI=1S/C16H22N10O2S2/c1-21-30(27)11-7-6-8(9-4-3-5-10-13(9)23-16(18)22-10)12(15(17)24-25-19)14(11)26(2)29-28-20/h3-7,21,25H,19-20H2,1-2H3,(H2,17,24)(H3,18,22,23). The van der Waals surface area contributed by atoms with E-state index in [1.807, 2.05) is 18.2 Å². The molecular weight excluding hydrogens is 428 g/mol. The van der Waals surface area contributed by atoms with Gasteiger partial charge in [-0.25, -0.2) is 35.5 Å². The number of hydrogen-bond donors (Lipinski definition) is 7. The number of H-pyrrole nitrogens is 1. The number of hydrogen-bond acceptors (Lipinski definition) is 10. The number of nitrogens with one attached hydrogen (secondary N) is 3. The summed E-state index contributed by atoms with van der Waals surface area (Å²) >= 11 is 0.833. The molecular formula is C16H22N10O2S2. The summed E-state index contributed by atoms with van der Waals surface area (Å²) in [5, 5.41) is 3.94. The van der Waals surface area contributed by atoms with Gasteiger partial charge in [0.25, 0.3) is 0 Å². The molecule has 0 aliphatic carbocycles. The third-order valence-corrected chi connectivity index (χ3v) is 5.85. The van der Waals surface area contributed by atoms with Crippen LogP contribution in [-0.4, -0.2) is 34.1 Å². The minimum Gasteiger partial charge on any atom is -0.382 e. The largest absolute Gasteiger partial charge is 0.382 e. The highest BCUT2D eigenvalue weighted by Gasteiger charge is 2.25. The molecule has 12 nitrogen and oxygen atoms in total. The van der Waals surface area contributed by atoms with Crippen LogP contribution in [0.3, 0.4) is 0 Å². The van der Waals surface area contributed by atoms with Crippen molar-refractivity contribution in [1.29, 1.82) is 0 Å². The number of aromatic nitrogens is 2. The third kappa shape index (κ3) is 4.04. The second kappa shape index (κ2) is 9.29. The number of aromatic amines is 1. The van der Waals surface area contributed by atoms with Crippen molar-refractivity contribution < 1.29 is 8.49 Å². The zero-order chi connectivity index (χ0) is 21.8. The lowest BCUT2D eigenvalue weighted by molar-refractivity contribution is 0.397. The quantitative estimate of drug-likeness (QED) is 0.0613. The van der Waals surface area contributed by atoms with Gasteiger partial charge in [0.15, 0.2) is 11.8 Å². The Morgan fingerprint density at radius 2 is 2.10 bits per heavy atom. The lowest BCUT2D eigenvalue weighted by Gasteiger charge is -2.24. The molecule has 0 fully saturated rings. The summed E-state index contributed by atoms with van der Waals surface area (Å²) in [5.74, 6) is 11.0. The minimum atomic E-state index is -1.55. The van der Waals surface area contributed by atoms with Gasteiger partial charge in [0, 0.05) is 12.6 Å². The van der Waals surface area contributed by atoms with Crippen LogP contribution in [0, 0.1) is 0 Å². The Balaban J connectivity index is 2.42. The first-order chi connectivity index (χ1) is 14.4. The molecule has 0 amide bonds. The zero-order valence-electron chi connectivity index (χ0n) is 16.2. The summed E-state index contributed by atoms with van der Waals surface area (Å²) in [7, 11) is 1.71. The number of para-hydroxylation sites is 1. The van der Waals surface area contributed by atoms with Gasteiger partial charge in [-0.15, -0.1) is 5.10 Å². The Hall–Kier alpha value is -2.88. The molecule has 1 aromatic heterocycles. The van der Waals surface area contributed by atoms with Crippen LogP contribution in [0.15, 0.2) is 40.3 Å². The first-order valence-electron chi connectivity index (χ1n) is 8.50. The van der Waals surface area contributed by atoms with Crippen molar-refractivity contribution in [2.75, 3.05) is 24.1 Å². The van der Waals surface area contributed by atoms with Crippen molar-refractivity contribution in [3.05, 3.63) is 35.9 Å². The molecule has 0 aliphatic rings. The van der Waals surface area contributed by atoms with E-state index in [2.05, 4.69) is 25.3 Å². The lowest BCUT2D eigenvalue weighted by Crippen LogP contribution is -2.27. The Morgan fingerprint density at radius 1 is 1.33 bits per heavy atom. The van der Waals surface area contributed by atoms with Crippen LogP contribution < -0.4 is 37.8 Å². The maximum absolute atomic E-state index is 12.7. The first-order valence-corrected chi connectivity index (χ1v) is 10.3. The fourth-order valence-electron chi connectivity index (χ4n) is 3.12. The molecule has 1 unspecified atom stereocenters. The smallest absolute Gasteiger partial charge is 0.198 e. The Labute approximate surface area is 179 Å². The zero-order valence-corrected chi connectivity index (χ0v) is 17.8. The average Bonchev–Trinajstić information content (AvgIpc) is 3.12. The topological polar surface area (TPSA) is 199 Å². The van der Waals surface area contributed by atoms with E-state index in [0.29, 0.717) is 27.2 Å². The SMILES string of the molecule is CNS(=O)c1ccc(-c2cccc3[nH]c(N)nc23)c(/C(N)=N/NN)c1N(C)SON. The predicted molar refractivity (Wildman–Crippen MR) is 121 cm³/mol. The van der Waals surface area contributed by atoms with Gasteiger partial charge in [0.2, 0.25) is 0 Å². The number of nitrogens with two attached hydrogens (primary N) is 4. The maximum Gasteiger partial charge on any atom is 0.198 e. The molecule has 3 aromatic rings. The fourth-order valence-corrected chi connectivity index (χ4v) is 4.40.